The van der Waals surface area contributed by atoms with Crippen LogP contribution in [0.5, 0.6) is 0 Å². The molecule has 1 saturated carbocycles. The van der Waals surface area contributed by atoms with Gasteiger partial charge in [0.15, 0.2) is 11.5 Å². The van der Waals surface area contributed by atoms with Crippen LogP contribution in [0.3, 0.4) is 0 Å². The minimum Gasteiger partial charge on any atom is -0.355 e. The van der Waals surface area contributed by atoms with E-state index in [2.05, 4.69) is 10.1 Å². The van der Waals surface area contributed by atoms with E-state index in [1.807, 2.05) is 17.0 Å². The van der Waals surface area contributed by atoms with Gasteiger partial charge in [0, 0.05) is 36.6 Å². The van der Waals surface area contributed by atoms with Gasteiger partial charge in [-0.05, 0) is 43.7 Å². The number of amides is 1. The molecule has 126 valence electrons. The first-order valence-electron chi connectivity index (χ1n) is 9.01. The summed E-state index contributed by atoms with van der Waals surface area (Å²) >= 11 is 0. The second kappa shape index (κ2) is 6.75. The van der Waals surface area contributed by atoms with Gasteiger partial charge in [0.05, 0.1) is 0 Å². The van der Waals surface area contributed by atoms with Gasteiger partial charge in [0.25, 0.3) is 5.91 Å². The van der Waals surface area contributed by atoms with Crippen LogP contribution >= 0.6 is 0 Å². The molecular weight excluding hydrogens is 302 g/mol. The van der Waals surface area contributed by atoms with E-state index in [0.29, 0.717) is 23.4 Å². The van der Waals surface area contributed by atoms with E-state index in [4.69, 9.17) is 4.52 Å². The molecule has 0 unspecified atom stereocenters. The Hall–Kier alpha value is -2.17. The topological polar surface area (TPSA) is 59.2 Å². The lowest BCUT2D eigenvalue weighted by atomic mass is 9.83. The van der Waals surface area contributed by atoms with E-state index in [0.717, 1.165) is 24.9 Å². The van der Waals surface area contributed by atoms with Crippen LogP contribution in [0, 0.1) is 5.92 Å². The molecule has 2 fully saturated rings. The predicted molar refractivity (Wildman–Crippen MR) is 90.4 cm³/mol. The fraction of sp³-hybridized carbons (Fsp3) is 0.526. The molecule has 4 rings (SSSR count). The molecule has 24 heavy (non-hydrogen) atoms. The molecule has 1 aliphatic heterocycles. The van der Waals surface area contributed by atoms with E-state index in [9.17, 15) is 4.79 Å². The van der Waals surface area contributed by atoms with Crippen LogP contribution < -0.4 is 0 Å². The highest BCUT2D eigenvalue weighted by atomic mass is 16.5. The zero-order chi connectivity index (χ0) is 16.4. The molecule has 5 heteroatoms. The summed E-state index contributed by atoms with van der Waals surface area (Å²) in [5.74, 6) is 1.27. The Morgan fingerprint density at radius 3 is 2.83 bits per heavy atom. The SMILES string of the molecule is O=C(c1cc(-c2cccnc2)on1)N1CCC[C@@H]1C1CCCCC1. The predicted octanol–water partition coefficient (Wildman–Crippen LogP) is 3.92. The van der Waals surface area contributed by atoms with Gasteiger partial charge in [-0.2, -0.15) is 0 Å². The maximum Gasteiger partial charge on any atom is 0.276 e. The number of aromatic nitrogens is 2. The third kappa shape index (κ3) is 2.95. The number of pyridine rings is 1. The molecule has 2 aromatic heterocycles. The van der Waals surface area contributed by atoms with Crippen LogP contribution in [-0.2, 0) is 0 Å². The van der Waals surface area contributed by atoms with Crippen LogP contribution in [0.4, 0.5) is 0 Å². The average molecular weight is 325 g/mol. The van der Waals surface area contributed by atoms with Gasteiger partial charge in [-0.25, -0.2) is 0 Å². The molecular formula is C19H23N3O2. The van der Waals surface area contributed by atoms with Gasteiger partial charge in [-0.3, -0.25) is 9.78 Å². The van der Waals surface area contributed by atoms with Crippen molar-refractivity contribution in [1.29, 1.82) is 0 Å². The normalized spacial score (nSPS) is 22.0. The van der Waals surface area contributed by atoms with Crippen LogP contribution in [0.2, 0.25) is 0 Å². The zero-order valence-electron chi connectivity index (χ0n) is 13.9. The summed E-state index contributed by atoms with van der Waals surface area (Å²) in [5, 5.41) is 4.02. The molecule has 2 aromatic rings. The van der Waals surface area contributed by atoms with Crippen molar-refractivity contribution in [1.82, 2.24) is 15.0 Å². The number of rotatable bonds is 3. The highest BCUT2D eigenvalue weighted by molar-refractivity contribution is 5.93. The molecule has 0 spiro atoms. The van der Waals surface area contributed by atoms with Crippen molar-refractivity contribution >= 4 is 5.91 Å². The van der Waals surface area contributed by atoms with E-state index in [1.54, 1.807) is 18.5 Å². The maximum absolute atomic E-state index is 12.9. The summed E-state index contributed by atoms with van der Waals surface area (Å²) in [4.78, 5) is 19.1. The molecule has 1 atom stereocenters. The third-order valence-electron chi connectivity index (χ3n) is 5.43. The fourth-order valence-corrected chi connectivity index (χ4v) is 4.22. The summed E-state index contributed by atoms with van der Waals surface area (Å²) in [7, 11) is 0. The van der Waals surface area contributed by atoms with E-state index >= 15 is 0 Å². The summed E-state index contributed by atoms with van der Waals surface area (Å²) in [5.41, 5.74) is 1.26. The second-order valence-electron chi connectivity index (χ2n) is 6.92. The van der Waals surface area contributed by atoms with Crippen molar-refractivity contribution in [2.75, 3.05) is 6.54 Å². The third-order valence-corrected chi connectivity index (χ3v) is 5.43. The van der Waals surface area contributed by atoms with Gasteiger partial charge >= 0.3 is 0 Å². The summed E-state index contributed by atoms with van der Waals surface area (Å²) in [6.07, 6.45) is 12.1. The van der Waals surface area contributed by atoms with Crippen molar-refractivity contribution in [3.63, 3.8) is 0 Å². The standard InChI is InChI=1S/C19H23N3O2/c23-19(16-12-18(24-21-16)15-8-4-10-20-13-15)22-11-5-9-17(22)14-6-2-1-3-7-14/h4,8,10,12-14,17H,1-3,5-7,9,11H2/t17-/m1/s1. The molecule has 0 N–H and O–H groups in total. The van der Waals surface area contributed by atoms with Crippen molar-refractivity contribution in [2.24, 2.45) is 5.92 Å². The maximum atomic E-state index is 12.9. The molecule has 1 saturated heterocycles. The molecule has 2 aliphatic rings. The quantitative estimate of drug-likeness (QED) is 0.858. The number of hydrogen-bond acceptors (Lipinski definition) is 4. The Labute approximate surface area is 142 Å². The largest absolute Gasteiger partial charge is 0.355 e. The Balaban J connectivity index is 1.51. The van der Waals surface area contributed by atoms with Gasteiger partial charge in [0.1, 0.15) is 0 Å². The Morgan fingerprint density at radius 2 is 2.04 bits per heavy atom. The van der Waals surface area contributed by atoms with Gasteiger partial charge in [0.2, 0.25) is 0 Å². The highest BCUT2D eigenvalue weighted by Crippen LogP contribution is 2.35. The monoisotopic (exact) mass is 325 g/mol. The summed E-state index contributed by atoms with van der Waals surface area (Å²) < 4.78 is 5.37. The van der Waals surface area contributed by atoms with Gasteiger partial charge < -0.3 is 9.42 Å². The lowest BCUT2D eigenvalue weighted by molar-refractivity contribution is 0.0651. The zero-order valence-corrected chi connectivity index (χ0v) is 13.9. The average Bonchev–Trinajstić information content (AvgIpc) is 3.32. The lowest BCUT2D eigenvalue weighted by Crippen LogP contribution is -2.40. The van der Waals surface area contributed by atoms with Crippen molar-refractivity contribution in [3.05, 3.63) is 36.3 Å². The molecule has 0 radical (unpaired) electrons. The number of carbonyl (C=O) groups is 1. The van der Waals surface area contributed by atoms with E-state index < -0.39 is 0 Å². The highest BCUT2D eigenvalue weighted by Gasteiger charge is 2.36. The first-order chi connectivity index (χ1) is 11.8. The van der Waals surface area contributed by atoms with Crippen LogP contribution in [0.25, 0.3) is 11.3 Å². The lowest BCUT2D eigenvalue weighted by Gasteiger charge is -2.33. The van der Waals surface area contributed by atoms with E-state index in [-0.39, 0.29) is 5.91 Å². The molecule has 5 nitrogen and oxygen atoms in total. The minimum absolute atomic E-state index is 0.0157. The minimum atomic E-state index is 0.0157. The summed E-state index contributed by atoms with van der Waals surface area (Å²) in [6, 6.07) is 5.88. The number of likely N-dealkylation sites (tertiary alicyclic amines) is 1. The Bertz CT molecular complexity index is 692. The fourth-order valence-electron chi connectivity index (χ4n) is 4.22. The first kappa shape index (κ1) is 15.4. The molecule has 1 amide bonds. The first-order valence-corrected chi connectivity index (χ1v) is 9.01. The van der Waals surface area contributed by atoms with Gasteiger partial charge in [-0.15, -0.1) is 0 Å². The van der Waals surface area contributed by atoms with E-state index in [1.165, 1.54) is 32.1 Å². The van der Waals surface area contributed by atoms with Crippen LogP contribution in [-0.4, -0.2) is 33.5 Å². The smallest absolute Gasteiger partial charge is 0.276 e. The number of hydrogen-bond donors (Lipinski definition) is 0. The molecule has 3 heterocycles. The second-order valence-corrected chi connectivity index (χ2v) is 6.92. The number of nitrogens with zero attached hydrogens (tertiary/aromatic N) is 3. The van der Waals surface area contributed by atoms with Crippen molar-refractivity contribution < 1.29 is 9.32 Å². The van der Waals surface area contributed by atoms with Gasteiger partial charge in [-0.1, -0.05) is 24.4 Å². The van der Waals surface area contributed by atoms with Crippen LogP contribution in [0.1, 0.15) is 55.4 Å². The summed E-state index contributed by atoms with van der Waals surface area (Å²) in [6.45, 7) is 0.842. The molecule has 0 aromatic carbocycles. The van der Waals surface area contributed by atoms with Crippen molar-refractivity contribution in [2.45, 2.75) is 51.0 Å². The Kier molecular flexibility index (Phi) is 4.32. The molecule has 1 aliphatic carbocycles. The Morgan fingerprint density at radius 1 is 1.17 bits per heavy atom. The van der Waals surface area contributed by atoms with Crippen LogP contribution in [0.15, 0.2) is 35.1 Å². The van der Waals surface area contributed by atoms with Crippen molar-refractivity contribution in [3.8, 4) is 11.3 Å². The molecule has 0 bridgehead atoms. The number of carbonyl (C=O) groups excluding carboxylic acids is 1.